The number of rotatable bonds is 7. The molecule has 0 aliphatic carbocycles. The minimum Gasteiger partial charge on any atom is -0.484 e. The highest BCUT2D eigenvalue weighted by Gasteiger charge is 2.03. The van der Waals surface area contributed by atoms with Crippen LogP contribution in [-0.2, 0) is 11.2 Å². The van der Waals surface area contributed by atoms with Crippen molar-refractivity contribution in [3.63, 3.8) is 0 Å². The third kappa shape index (κ3) is 4.72. The first kappa shape index (κ1) is 14.0. The first-order valence-electron chi connectivity index (χ1n) is 6.54. The Morgan fingerprint density at radius 1 is 1.45 bits per heavy atom. The van der Waals surface area contributed by atoms with Gasteiger partial charge in [-0.25, -0.2) is 4.98 Å². The highest BCUT2D eigenvalue weighted by molar-refractivity contribution is 5.77. The Morgan fingerprint density at radius 3 is 3.10 bits per heavy atom. The summed E-state index contributed by atoms with van der Waals surface area (Å²) in [5, 5.41) is 9.35. The molecule has 0 unspecified atom stereocenters. The number of aromatic nitrogens is 3. The Kier molecular flexibility index (Phi) is 5.11. The van der Waals surface area contributed by atoms with Gasteiger partial charge in [0.1, 0.15) is 17.9 Å². The van der Waals surface area contributed by atoms with E-state index >= 15 is 0 Å². The zero-order valence-corrected chi connectivity index (χ0v) is 11.4. The van der Waals surface area contributed by atoms with E-state index in [1.807, 2.05) is 31.2 Å². The molecule has 0 aliphatic heterocycles. The standard InChI is InChI=1S/C14H18N4O2/c1-11-4-2-5-12(8-11)20-9-14(19)15-7-3-6-13-16-10-17-18-13/h2,4-5,8,10H,3,6-7,9H2,1H3,(H,15,19)(H,16,17,18). The predicted octanol–water partition coefficient (Wildman–Crippen LogP) is 1.24. The Balaban J connectivity index is 1.61. The van der Waals surface area contributed by atoms with E-state index in [-0.39, 0.29) is 12.5 Å². The summed E-state index contributed by atoms with van der Waals surface area (Å²) in [6.07, 6.45) is 3.05. The van der Waals surface area contributed by atoms with Gasteiger partial charge in [-0.2, -0.15) is 5.10 Å². The van der Waals surface area contributed by atoms with E-state index in [1.54, 1.807) is 0 Å². The van der Waals surface area contributed by atoms with Crippen molar-refractivity contribution in [2.45, 2.75) is 19.8 Å². The molecule has 6 nitrogen and oxygen atoms in total. The van der Waals surface area contributed by atoms with E-state index in [0.717, 1.165) is 24.2 Å². The number of carbonyl (C=O) groups is 1. The fourth-order valence-electron chi connectivity index (χ4n) is 1.74. The monoisotopic (exact) mass is 274 g/mol. The van der Waals surface area contributed by atoms with Crippen LogP contribution >= 0.6 is 0 Å². The molecule has 0 bridgehead atoms. The Hall–Kier alpha value is -2.37. The number of amides is 1. The van der Waals surface area contributed by atoms with E-state index in [2.05, 4.69) is 20.5 Å². The maximum atomic E-state index is 11.6. The van der Waals surface area contributed by atoms with Crippen LogP contribution in [0.2, 0.25) is 0 Å². The van der Waals surface area contributed by atoms with Gasteiger partial charge in [-0.05, 0) is 31.0 Å². The molecule has 0 spiro atoms. The predicted molar refractivity (Wildman–Crippen MR) is 74.4 cm³/mol. The summed E-state index contributed by atoms with van der Waals surface area (Å²) in [5.74, 6) is 1.42. The maximum absolute atomic E-state index is 11.6. The maximum Gasteiger partial charge on any atom is 0.257 e. The molecule has 106 valence electrons. The van der Waals surface area contributed by atoms with Crippen molar-refractivity contribution in [1.29, 1.82) is 0 Å². The first-order chi connectivity index (χ1) is 9.74. The smallest absolute Gasteiger partial charge is 0.257 e. The summed E-state index contributed by atoms with van der Waals surface area (Å²) >= 11 is 0. The lowest BCUT2D eigenvalue weighted by molar-refractivity contribution is -0.123. The van der Waals surface area contributed by atoms with Gasteiger partial charge in [0.25, 0.3) is 5.91 Å². The van der Waals surface area contributed by atoms with E-state index < -0.39 is 0 Å². The number of nitrogens with one attached hydrogen (secondary N) is 2. The molecular weight excluding hydrogens is 256 g/mol. The summed E-state index contributed by atoms with van der Waals surface area (Å²) < 4.78 is 5.41. The van der Waals surface area contributed by atoms with Crippen LogP contribution in [0.5, 0.6) is 5.75 Å². The molecule has 0 aliphatic rings. The number of aryl methyl sites for hydroxylation is 2. The van der Waals surface area contributed by atoms with E-state index in [0.29, 0.717) is 12.3 Å². The molecule has 0 fully saturated rings. The van der Waals surface area contributed by atoms with Gasteiger partial charge in [-0.15, -0.1) is 0 Å². The summed E-state index contributed by atoms with van der Waals surface area (Å²) in [4.78, 5) is 15.6. The fourth-order valence-corrected chi connectivity index (χ4v) is 1.74. The van der Waals surface area contributed by atoms with Gasteiger partial charge in [0.2, 0.25) is 0 Å². The third-order valence-corrected chi connectivity index (χ3v) is 2.74. The second-order valence-corrected chi connectivity index (χ2v) is 4.49. The topological polar surface area (TPSA) is 79.9 Å². The Labute approximate surface area is 117 Å². The summed E-state index contributed by atoms with van der Waals surface area (Å²) in [7, 11) is 0. The molecule has 1 aromatic carbocycles. The summed E-state index contributed by atoms with van der Waals surface area (Å²) in [5.41, 5.74) is 1.11. The fraction of sp³-hybridized carbons (Fsp3) is 0.357. The Morgan fingerprint density at radius 2 is 2.35 bits per heavy atom. The molecule has 1 aromatic heterocycles. The zero-order valence-electron chi connectivity index (χ0n) is 11.4. The lowest BCUT2D eigenvalue weighted by Crippen LogP contribution is -2.29. The normalized spacial score (nSPS) is 10.2. The summed E-state index contributed by atoms with van der Waals surface area (Å²) in [6.45, 7) is 2.61. The molecule has 2 rings (SSSR count). The van der Waals surface area contributed by atoms with Crippen molar-refractivity contribution >= 4 is 5.91 Å². The van der Waals surface area contributed by atoms with Crippen LogP contribution in [0.1, 0.15) is 17.8 Å². The van der Waals surface area contributed by atoms with Gasteiger partial charge >= 0.3 is 0 Å². The molecule has 1 heterocycles. The molecular formula is C14H18N4O2. The number of hydrogen-bond acceptors (Lipinski definition) is 4. The number of aromatic amines is 1. The average Bonchev–Trinajstić information content (AvgIpc) is 2.95. The molecule has 0 saturated carbocycles. The largest absolute Gasteiger partial charge is 0.484 e. The second kappa shape index (κ2) is 7.28. The van der Waals surface area contributed by atoms with Crippen molar-refractivity contribution in [2.24, 2.45) is 0 Å². The van der Waals surface area contributed by atoms with Crippen LogP contribution in [0.15, 0.2) is 30.6 Å². The highest BCUT2D eigenvalue weighted by atomic mass is 16.5. The van der Waals surface area contributed by atoms with Crippen LogP contribution in [0.4, 0.5) is 0 Å². The van der Waals surface area contributed by atoms with Gasteiger partial charge < -0.3 is 10.1 Å². The number of hydrogen-bond donors (Lipinski definition) is 2. The van der Waals surface area contributed by atoms with E-state index in [9.17, 15) is 4.79 Å². The van der Waals surface area contributed by atoms with Crippen molar-refractivity contribution in [2.75, 3.05) is 13.2 Å². The van der Waals surface area contributed by atoms with Crippen LogP contribution in [0.25, 0.3) is 0 Å². The highest BCUT2D eigenvalue weighted by Crippen LogP contribution is 2.11. The second-order valence-electron chi connectivity index (χ2n) is 4.49. The number of benzene rings is 1. The molecule has 0 radical (unpaired) electrons. The first-order valence-corrected chi connectivity index (χ1v) is 6.54. The van der Waals surface area contributed by atoms with E-state index in [1.165, 1.54) is 6.33 Å². The number of H-pyrrole nitrogens is 1. The van der Waals surface area contributed by atoms with Crippen LogP contribution in [0, 0.1) is 6.92 Å². The minimum atomic E-state index is -0.121. The Bertz CT molecular complexity index is 540. The number of nitrogens with zero attached hydrogens (tertiary/aromatic N) is 2. The van der Waals surface area contributed by atoms with Crippen molar-refractivity contribution in [3.05, 3.63) is 42.0 Å². The van der Waals surface area contributed by atoms with Crippen LogP contribution < -0.4 is 10.1 Å². The lowest BCUT2D eigenvalue weighted by Gasteiger charge is -2.07. The molecule has 0 saturated heterocycles. The average molecular weight is 274 g/mol. The van der Waals surface area contributed by atoms with Gasteiger partial charge in [-0.1, -0.05) is 12.1 Å². The van der Waals surface area contributed by atoms with Crippen molar-refractivity contribution in [3.8, 4) is 5.75 Å². The molecule has 2 aromatic rings. The van der Waals surface area contributed by atoms with Gasteiger partial charge in [0.15, 0.2) is 6.61 Å². The van der Waals surface area contributed by atoms with Crippen LogP contribution in [0.3, 0.4) is 0 Å². The minimum absolute atomic E-state index is 0.0335. The molecule has 6 heteroatoms. The number of ether oxygens (including phenoxy) is 1. The van der Waals surface area contributed by atoms with Crippen LogP contribution in [-0.4, -0.2) is 34.2 Å². The third-order valence-electron chi connectivity index (χ3n) is 2.74. The van der Waals surface area contributed by atoms with Crippen molar-refractivity contribution < 1.29 is 9.53 Å². The molecule has 0 atom stereocenters. The lowest BCUT2D eigenvalue weighted by atomic mass is 10.2. The number of carbonyl (C=O) groups excluding carboxylic acids is 1. The van der Waals surface area contributed by atoms with Crippen molar-refractivity contribution in [1.82, 2.24) is 20.5 Å². The SMILES string of the molecule is Cc1cccc(OCC(=O)NCCCc2ncn[nH]2)c1. The van der Waals surface area contributed by atoms with Gasteiger partial charge in [0, 0.05) is 13.0 Å². The summed E-state index contributed by atoms with van der Waals surface area (Å²) in [6, 6.07) is 7.62. The quantitative estimate of drug-likeness (QED) is 0.744. The zero-order chi connectivity index (χ0) is 14.2. The molecule has 2 N–H and O–H groups in total. The molecule has 1 amide bonds. The van der Waals surface area contributed by atoms with E-state index in [4.69, 9.17) is 4.74 Å². The molecule has 20 heavy (non-hydrogen) atoms. The van der Waals surface area contributed by atoms with Gasteiger partial charge in [-0.3, -0.25) is 9.89 Å². The van der Waals surface area contributed by atoms with Gasteiger partial charge in [0.05, 0.1) is 0 Å².